The van der Waals surface area contributed by atoms with Crippen LogP contribution in [0.1, 0.15) is 39.8 Å². The van der Waals surface area contributed by atoms with Crippen LogP contribution in [-0.4, -0.2) is 42.1 Å². The van der Waals surface area contributed by atoms with E-state index in [1.165, 1.54) is 13.1 Å². The number of rotatable bonds is 5. The van der Waals surface area contributed by atoms with E-state index in [0.29, 0.717) is 18.9 Å². The van der Waals surface area contributed by atoms with Gasteiger partial charge in [0, 0.05) is 37.4 Å². The Bertz CT molecular complexity index is 865. The zero-order valence-electron chi connectivity index (χ0n) is 15.9. The molecular formula is C18H22F3N5O2. The molecule has 1 fully saturated rings. The van der Waals surface area contributed by atoms with Crippen molar-refractivity contribution in [3.63, 3.8) is 0 Å². The number of nitrogens with one attached hydrogen (secondary N) is 2. The highest BCUT2D eigenvalue weighted by atomic mass is 19.4. The first-order valence-corrected chi connectivity index (χ1v) is 8.90. The number of amides is 1. The number of carbonyl (C=O) groups excluding carboxylic acids is 1. The fourth-order valence-electron chi connectivity index (χ4n) is 3.12. The Kier molecular flexibility index (Phi) is 5.59. The van der Waals surface area contributed by atoms with E-state index < -0.39 is 11.9 Å². The summed E-state index contributed by atoms with van der Waals surface area (Å²) in [7, 11) is 1.52. The van der Waals surface area contributed by atoms with Crippen LogP contribution in [0.4, 0.5) is 19.0 Å². The third-order valence-electron chi connectivity index (χ3n) is 4.79. The molecule has 0 saturated carbocycles. The second-order valence-corrected chi connectivity index (χ2v) is 6.74. The molecule has 0 spiro atoms. The zero-order valence-corrected chi connectivity index (χ0v) is 15.9. The Labute approximate surface area is 160 Å². The van der Waals surface area contributed by atoms with Gasteiger partial charge in [0.2, 0.25) is 11.6 Å². The number of hydrogen-bond acceptors (Lipinski definition) is 6. The fourth-order valence-corrected chi connectivity index (χ4v) is 3.12. The van der Waals surface area contributed by atoms with Crippen LogP contribution < -0.4 is 15.5 Å². The third-order valence-corrected chi connectivity index (χ3v) is 4.79. The number of carbonyl (C=O) groups is 1. The predicted molar refractivity (Wildman–Crippen MR) is 96.1 cm³/mol. The lowest BCUT2D eigenvalue weighted by Crippen LogP contribution is -2.33. The van der Waals surface area contributed by atoms with Gasteiger partial charge in [0.1, 0.15) is 11.6 Å². The molecular weight excluding hydrogens is 375 g/mol. The van der Waals surface area contributed by atoms with Gasteiger partial charge in [-0.15, -0.1) is 0 Å². The summed E-state index contributed by atoms with van der Waals surface area (Å²) < 4.78 is 42.7. The summed E-state index contributed by atoms with van der Waals surface area (Å²) >= 11 is 0. The maximum absolute atomic E-state index is 12.6. The number of anilines is 1. The van der Waals surface area contributed by atoms with Gasteiger partial charge in [0.25, 0.3) is 5.91 Å². The average molecular weight is 397 g/mol. The molecule has 28 heavy (non-hydrogen) atoms. The highest BCUT2D eigenvalue weighted by Gasteiger charge is 2.35. The Morgan fingerprint density at radius 3 is 2.71 bits per heavy atom. The number of hydrogen-bond donors (Lipinski definition) is 2. The highest BCUT2D eigenvalue weighted by Crippen LogP contribution is 2.30. The Morgan fingerprint density at radius 1 is 1.32 bits per heavy atom. The third kappa shape index (κ3) is 4.27. The quantitative estimate of drug-likeness (QED) is 0.806. The molecule has 2 aromatic heterocycles. The molecule has 2 aromatic rings. The van der Waals surface area contributed by atoms with Crippen molar-refractivity contribution in [2.24, 2.45) is 0 Å². The predicted octanol–water partition coefficient (Wildman–Crippen LogP) is 2.43. The number of alkyl halides is 3. The van der Waals surface area contributed by atoms with Gasteiger partial charge in [0.05, 0.1) is 6.54 Å². The van der Waals surface area contributed by atoms with Crippen LogP contribution in [0.5, 0.6) is 0 Å². The molecule has 0 aliphatic carbocycles. The fraction of sp³-hybridized carbons (Fsp3) is 0.500. The molecule has 0 aromatic carbocycles. The summed E-state index contributed by atoms with van der Waals surface area (Å²) in [5.41, 5.74) is 1.63. The van der Waals surface area contributed by atoms with Crippen molar-refractivity contribution in [1.82, 2.24) is 20.6 Å². The SMILES string of the molecule is CNC(=O)c1nc(C)c(C)c(N2CC[C@@H](NCc3ccc(C(F)(F)F)o3)C2)n1. The van der Waals surface area contributed by atoms with Gasteiger partial charge in [-0.1, -0.05) is 0 Å². The molecule has 2 N–H and O–H groups in total. The van der Waals surface area contributed by atoms with E-state index in [1.807, 2.05) is 13.8 Å². The lowest BCUT2D eigenvalue weighted by molar-refractivity contribution is -0.153. The summed E-state index contributed by atoms with van der Waals surface area (Å²) in [6.45, 7) is 5.28. The van der Waals surface area contributed by atoms with Crippen LogP contribution in [0.15, 0.2) is 16.5 Å². The standard InChI is InChI=1S/C18H22F3N5O2/c1-10-11(2)24-15(17(27)22-3)25-16(10)26-7-6-12(9-26)23-8-13-4-5-14(28-13)18(19,20)21/h4-5,12,23H,6-9H2,1-3H3,(H,22,27)/t12-/m1/s1. The van der Waals surface area contributed by atoms with E-state index in [-0.39, 0.29) is 30.1 Å². The summed E-state index contributed by atoms with van der Waals surface area (Å²) in [5.74, 6) is -0.288. The van der Waals surface area contributed by atoms with E-state index in [9.17, 15) is 18.0 Å². The first-order chi connectivity index (χ1) is 13.2. The first-order valence-electron chi connectivity index (χ1n) is 8.90. The van der Waals surface area contributed by atoms with Crippen molar-refractivity contribution < 1.29 is 22.4 Å². The Morgan fingerprint density at radius 2 is 2.07 bits per heavy atom. The van der Waals surface area contributed by atoms with E-state index in [4.69, 9.17) is 4.42 Å². The van der Waals surface area contributed by atoms with Crippen LogP contribution in [0.2, 0.25) is 0 Å². The van der Waals surface area contributed by atoms with Crippen molar-refractivity contribution in [3.05, 3.63) is 40.7 Å². The molecule has 1 saturated heterocycles. The molecule has 7 nitrogen and oxygen atoms in total. The lowest BCUT2D eigenvalue weighted by Gasteiger charge is -2.21. The van der Waals surface area contributed by atoms with Gasteiger partial charge in [-0.25, -0.2) is 9.97 Å². The van der Waals surface area contributed by atoms with Crippen molar-refractivity contribution in [2.45, 2.75) is 39.0 Å². The van der Waals surface area contributed by atoms with Gasteiger partial charge < -0.3 is 20.0 Å². The van der Waals surface area contributed by atoms with Crippen LogP contribution >= 0.6 is 0 Å². The lowest BCUT2D eigenvalue weighted by atomic mass is 10.2. The topological polar surface area (TPSA) is 83.3 Å². The number of aromatic nitrogens is 2. The van der Waals surface area contributed by atoms with Gasteiger partial charge in [0.15, 0.2) is 0 Å². The van der Waals surface area contributed by atoms with Gasteiger partial charge in [-0.3, -0.25) is 4.79 Å². The number of nitrogens with zero attached hydrogens (tertiary/aromatic N) is 3. The van der Waals surface area contributed by atoms with Crippen LogP contribution in [0, 0.1) is 13.8 Å². The molecule has 0 unspecified atom stereocenters. The minimum absolute atomic E-state index is 0.0672. The summed E-state index contributed by atoms with van der Waals surface area (Å²) in [5, 5.41) is 5.74. The minimum atomic E-state index is -4.48. The van der Waals surface area contributed by atoms with Crippen molar-refractivity contribution >= 4 is 11.7 Å². The molecule has 0 radical (unpaired) electrons. The van der Waals surface area contributed by atoms with Crippen molar-refractivity contribution in [1.29, 1.82) is 0 Å². The molecule has 1 amide bonds. The van der Waals surface area contributed by atoms with Crippen molar-refractivity contribution in [3.8, 4) is 0 Å². The van der Waals surface area contributed by atoms with Gasteiger partial charge in [-0.05, 0) is 32.4 Å². The number of furan rings is 1. The summed E-state index contributed by atoms with van der Waals surface area (Å²) in [6.07, 6.45) is -3.68. The average Bonchev–Trinajstić information content (AvgIpc) is 3.30. The smallest absolute Gasteiger partial charge is 0.449 e. The second-order valence-electron chi connectivity index (χ2n) is 6.74. The van der Waals surface area contributed by atoms with Crippen LogP contribution in [0.25, 0.3) is 0 Å². The molecule has 1 atom stereocenters. The zero-order chi connectivity index (χ0) is 20.5. The molecule has 0 bridgehead atoms. The van der Waals surface area contributed by atoms with Crippen molar-refractivity contribution in [2.75, 3.05) is 25.0 Å². The van der Waals surface area contributed by atoms with Crippen LogP contribution in [0.3, 0.4) is 0 Å². The maximum Gasteiger partial charge on any atom is 0.449 e. The number of aryl methyl sites for hydroxylation is 1. The van der Waals surface area contributed by atoms with Gasteiger partial charge >= 0.3 is 6.18 Å². The summed E-state index contributed by atoms with van der Waals surface area (Å²) in [6, 6.07) is 2.33. The van der Waals surface area contributed by atoms with E-state index in [2.05, 4.69) is 25.5 Å². The number of halogens is 3. The molecule has 152 valence electrons. The van der Waals surface area contributed by atoms with Crippen LogP contribution in [-0.2, 0) is 12.7 Å². The Hall–Kier alpha value is -2.62. The van der Waals surface area contributed by atoms with E-state index in [1.54, 1.807) is 0 Å². The maximum atomic E-state index is 12.6. The Balaban J connectivity index is 1.65. The molecule has 3 heterocycles. The molecule has 1 aliphatic rings. The molecule has 3 rings (SSSR count). The first kappa shape index (κ1) is 20.1. The molecule has 10 heteroatoms. The van der Waals surface area contributed by atoms with Gasteiger partial charge in [-0.2, -0.15) is 13.2 Å². The summed E-state index contributed by atoms with van der Waals surface area (Å²) in [4.78, 5) is 22.6. The highest BCUT2D eigenvalue weighted by molar-refractivity contribution is 5.90. The minimum Gasteiger partial charge on any atom is -0.455 e. The monoisotopic (exact) mass is 397 g/mol. The van der Waals surface area contributed by atoms with E-state index in [0.717, 1.165) is 23.7 Å². The second kappa shape index (κ2) is 7.78. The largest absolute Gasteiger partial charge is 0.455 e. The van der Waals surface area contributed by atoms with E-state index >= 15 is 0 Å². The normalized spacial score (nSPS) is 17.2. The molecule has 1 aliphatic heterocycles.